The van der Waals surface area contributed by atoms with Gasteiger partial charge in [0, 0.05) is 6.42 Å². The maximum Gasteiger partial charge on any atom is 0.0827 e. The first kappa shape index (κ1) is 18.9. The molecule has 124 valence electrons. The predicted molar refractivity (Wildman–Crippen MR) is 94.7 cm³/mol. The number of aliphatic hydroxyl groups is 2. The number of aliphatic hydroxyl groups excluding tert-OH is 1. The zero-order valence-electron chi connectivity index (χ0n) is 14.8. The SMILES string of the molecule is C/C1=C/CC/C(C)=C\C=C(\C(C)C)C(O)CC(C)(O)/C=C\C1. The van der Waals surface area contributed by atoms with Gasteiger partial charge in [0.1, 0.15) is 0 Å². The average molecular weight is 304 g/mol. The molecule has 2 N–H and O–H groups in total. The molecular weight excluding hydrogens is 272 g/mol. The highest BCUT2D eigenvalue weighted by atomic mass is 16.3. The maximum absolute atomic E-state index is 10.5. The molecule has 0 saturated heterocycles. The Morgan fingerprint density at radius 3 is 2.50 bits per heavy atom. The maximum atomic E-state index is 10.5. The first-order valence-electron chi connectivity index (χ1n) is 8.32. The quantitative estimate of drug-likeness (QED) is 0.689. The van der Waals surface area contributed by atoms with Gasteiger partial charge in [-0.15, -0.1) is 0 Å². The Kier molecular flexibility index (Phi) is 7.31. The van der Waals surface area contributed by atoms with Crippen LogP contribution in [0.3, 0.4) is 0 Å². The zero-order valence-corrected chi connectivity index (χ0v) is 14.8. The van der Waals surface area contributed by atoms with Crippen LogP contribution in [0.2, 0.25) is 0 Å². The van der Waals surface area contributed by atoms with E-state index < -0.39 is 11.7 Å². The lowest BCUT2D eigenvalue weighted by molar-refractivity contribution is 0.0506. The minimum absolute atomic E-state index is 0.258. The second-order valence-corrected chi connectivity index (χ2v) is 7.11. The van der Waals surface area contributed by atoms with E-state index in [1.165, 1.54) is 11.1 Å². The summed E-state index contributed by atoms with van der Waals surface area (Å²) in [7, 11) is 0. The van der Waals surface area contributed by atoms with Crippen LogP contribution < -0.4 is 0 Å². The van der Waals surface area contributed by atoms with Crippen LogP contribution in [-0.4, -0.2) is 21.9 Å². The number of rotatable bonds is 1. The Hall–Kier alpha value is -1.12. The third kappa shape index (κ3) is 6.76. The Bertz CT molecular complexity index is 476. The van der Waals surface area contributed by atoms with Crippen LogP contribution in [0.15, 0.2) is 47.1 Å². The van der Waals surface area contributed by atoms with Gasteiger partial charge in [-0.1, -0.05) is 55.4 Å². The van der Waals surface area contributed by atoms with E-state index in [1.54, 1.807) is 6.92 Å². The highest BCUT2D eigenvalue weighted by Gasteiger charge is 2.24. The minimum Gasteiger partial charge on any atom is -0.389 e. The molecule has 0 amide bonds. The molecule has 0 spiro atoms. The lowest BCUT2D eigenvalue weighted by Crippen LogP contribution is -2.30. The monoisotopic (exact) mass is 304 g/mol. The molecule has 0 aromatic carbocycles. The van der Waals surface area contributed by atoms with Gasteiger partial charge in [0.2, 0.25) is 0 Å². The Labute approximate surface area is 135 Å². The number of hydrogen-bond donors (Lipinski definition) is 2. The molecule has 0 aromatic rings. The fourth-order valence-corrected chi connectivity index (χ4v) is 2.72. The van der Waals surface area contributed by atoms with Gasteiger partial charge in [0.15, 0.2) is 0 Å². The largest absolute Gasteiger partial charge is 0.389 e. The van der Waals surface area contributed by atoms with Crippen molar-refractivity contribution in [1.82, 2.24) is 0 Å². The topological polar surface area (TPSA) is 40.5 Å². The molecular formula is C20H32O2. The molecule has 2 heteroatoms. The van der Waals surface area contributed by atoms with Crippen molar-refractivity contribution in [2.75, 3.05) is 0 Å². The van der Waals surface area contributed by atoms with Crippen LogP contribution in [-0.2, 0) is 0 Å². The summed E-state index contributed by atoms with van der Waals surface area (Å²) in [5.41, 5.74) is 2.62. The van der Waals surface area contributed by atoms with Crippen molar-refractivity contribution in [1.29, 1.82) is 0 Å². The van der Waals surface area contributed by atoms with Crippen molar-refractivity contribution in [3.05, 3.63) is 47.1 Å². The summed E-state index contributed by atoms with van der Waals surface area (Å²) in [5, 5.41) is 21.0. The minimum atomic E-state index is -0.990. The Morgan fingerprint density at radius 1 is 1.18 bits per heavy atom. The van der Waals surface area contributed by atoms with Gasteiger partial charge in [-0.25, -0.2) is 0 Å². The van der Waals surface area contributed by atoms with E-state index in [0.29, 0.717) is 6.42 Å². The van der Waals surface area contributed by atoms with E-state index in [-0.39, 0.29) is 5.92 Å². The van der Waals surface area contributed by atoms with E-state index in [1.807, 2.05) is 18.2 Å². The third-order valence-electron chi connectivity index (χ3n) is 4.17. The summed E-state index contributed by atoms with van der Waals surface area (Å²) in [6, 6.07) is 0. The number of hydrogen-bond acceptors (Lipinski definition) is 2. The van der Waals surface area contributed by atoms with Gasteiger partial charge in [0.05, 0.1) is 11.7 Å². The van der Waals surface area contributed by atoms with Crippen molar-refractivity contribution >= 4 is 0 Å². The average Bonchev–Trinajstić information content (AvgIpc) is 2.36. The summed E-state index contributed by atoms with van der Waals surface area (Å²) in [6.45, 7) is 10.2. The Balaban J connectivity index is 3.10. The van der Waals surface area contributed by atoms with Gasteiger partial charge >= 0.3 is 0 Å². The predicted octanol–water partition coefficient (Wildman–Crippen LogP) is 4.70. The van der Waals surface area contributed by atoms with Gasteiger partial charge in [-0.2, -0.15) is 0 Å². The summed E-state index contributed by atoms with van der Waals surface area (Å²) < 4.78 is 0. The summed E-state index contributed by atoms with van der Waals surface area (Å²) in [6.07, 6.45) is 12.9. The molecule has 1 aliphatic rings. The molecule has 2 nitrogen and oxygen atoms in total. The number of allylic oxidation sites excluding steroid dienone is 6. The van der Waals surface area contributed by atoms with Gasteiger partial charge in [0.25, 0.3) is 0 Å². The summed E-state index contributed by atoms with van der Waals surface area (Å²) >= 11 is 0. The van der Waals surface area contributed by atoms with E-state index in [4.69, 9.17) is 0 Å². The zero-order chi connectivity index (χ0) is 16.8. The van der Waals surface area contributed by atoms with E-state index in [9.17, 15) is 10.2 Å². The van der Waals surface area contributed by atoms with Crippen LogP contribution in [0.5, 0.6) is 0 Å². The van der Waals surface area contributed by atoms with E-state index in [0.717, 1.165) is 24.8 Å². The molecule has 2 atom stereocenters. The van der Waals surface area contributed by atoms with Crippen LogP contribution in [0.4, 0.5) is 0 Å². The first-order chi connectivity index (χ1) is 10.2. The molecule has 0 radical (unpaired) electrons. The molecule has 0 saturated carbocycles. The smallest absolute Gasteiger partial charge is 0.0827 e. The van der Waals surface area contributed by atoms with Gasteiger partial charge < -0.3 is 10.2 Å². The standard InChI is InChI=1S/C20H32O2/c1-15(2)18-12-11-17(4)9-6-8-16(3)10-7-13-20(5,22)14-19(18)21/h7-8,11-13,15,19,21-22H,6,9-10,14H2,1-5H3/b13-7-,16-8-,17-11-,18-12-. The van der Waals surface area contributed by atoms with E-state index >= 15 is 0 Å². The summed E-state index contributed by atoms with van der Waals surface area (Å²) in [4.78, 5) is 0. The second kappa shape index (κ2) is 8.50. The van der Waals surface area contributed by atoms with Gasteiger partial charge in [-0.3, -0.25) is 0 Å². The molecule has 0 aromatic heterocycles. The Morgan fingerprint density at radius 2 is 1.86 bits per heavy atom. The van der Waals surface area contributed by atoms with E-state index in [2.05, 4.69) is 39.8 Å². The molecule has 2 unspecified atom stereocenters. The van der Waals surface area contributed by atoms with Crippen LogP contribution >= 0.6 is 0 Å². The van der Waals surface area contributed by atoms with Crippen molar-refractivity contribution in [2.45, 2.75) is 72.0 Å². The normalized spacial score (nSPS) is 37.3. The lowest BCUT2D eigenvalue weighted by atomic mass is 9.88. The first-order valence-corrected chi connectivity index (χ1v) is 8.32. The lowest BCUT2D eigenvalue weighted by Gasteiger charge is -2.26. The molecule has 0 heterocycles. The molecule has 0 bridgehead atoms. The van der Waals surface area contributed by atoms with Crippen molar-refractivity contribution in [3.63, 3.8) is 0 Å². The van der Waals surface area contributed by atoms with Crippen LogP contribution in [0.1, 0.15) is 60.3 Å². The summed E-state index contributed by atoms with van der Waals surface area (Å²) in [5.74, 6) is 0.258. The molecule has 0 aliphatic heterocycles. The van der Waals surface area contributed by atoms with Crippen LogP contribution in [0.25, 0.3) is 0 Å². The molecule has 1 rings (SSSR count). The van der Waals surface area contributed by atoms with Crippen molar-refractivity contribution in [2.24, 2.45) is 5.92 Å². The van der Waals surface area contributed by atoms with Gasteiger partial charge in [-0.05, 0) is 51.5 Å². The molecule has 22 heavy (non-hydrogen) atoms. The molecule has 0 fully saturated rings. The third-order valence-corrected chi connectivity index (χ3v) is 4.17. The molecule has 1 aliphatic carbocycles. The highest BCUT2D eigenvalue weighted by molar-refractivity contribution is 5.23. The van der Waals surface area contributed by atoms with Crippen LogP contribution in [0, 0.1) is 5.92 Å². The highest BCUT2D eigenvalue weighted by Crippen LogP contribution is 2.24. The fourth-order valence-electron chi connectivity index (χ4n) is 2.72. The van der Waals surface area contributed by atoms with Crippen molar-refractivity contribution in [3.8, 4) is 0 Å². The second-order valence-electron chi connectivity index (χ2n) is 7.11. The fraction of sp³-hybridized carbons (Fsp3) is 0.600. The van der Waals surface area contributed by atoms with Crippen molar-refractivity contribution < 1.29 is 10.2 Å².